The monoisotopic (exact) mass is 447 g/mol. The predicted octanol–water partition coefficient (Wildman–Crippen LogP) is 3.94. The largest absolute Gasteiger partial charge is 0.507 e. The molecule has 0 saturated carbocycles. The van der Waals surface area contributed by atoms with Gasteiger partial charge in [-0.3, -0.25) is 9.59 Å². The number of hydrogen-bond donors (Lipinski definition) is 2. The van der Waals surface area contributed by atoms with Gasteiger partial charge in [0.05, 0.1) is 18.2 Å². The van der Waals surface area contributed by atoms with E-state index in [1.165, 1.54) is 0 Å². The van der Waals surface area contributed by atoms with E-state index in [1.807, 2.05) is 74.4 Å². The van der Waals surface area contributed by atoms with Crippen molar-refractivity contribution in [2.24, 2.45) is 0 Å². The first-order chi connectivity index (χ1) is 15.9. The molecule has 0 radical (unpaired) electrons. The fourth-order valence-electron chi connectivity index (χ4n) is 4.14. The molecule has 1 aliphatic heterocycles. The van der Waals surface area contributed by atoms with Crippen molar-refractivity contribution in [2.45, 2.75) is 19.4 Å². The number of nitrogens with one attached hydrogen (secondary N) is 1. The number of para-hydroxylation sites is 1. The molecule has 2 N–H and O–H groups in total. The van der Waals surface area contributed by atoms with Crippen LogP contribution in [0.15, 0.2) is 60.3 Å². The molecule has 4 rings (SSSR count). The lowest BCUT2D eigenvalue weighted by Gasteiger charge is -2.26. The van der Waals surface area contributed by atoms with Gasteiger partial charge in [0.1, 0.15) is 11.5 Å². The second-order valence-electron chi connectivity index (χ2n) is 8.46. The van der Waals surface area contributed by atoms with Crippen LogP contribution in [0.1, 0.15) is 30.5 Å². The molecule has 0 bridgehead atoms. The average Bonchev–Trinajstić information content (AvgIpc) is 3.35. The second kappa shape index (κ2) is 9.50. The first-order valence-electron chi connectivity index (χ1n) is 11.1. The molecule has 172 valence electrons. The number of fused-ring (bicyclic) bond motifs is 1. The van der Waals surface area contributed by atoms with Gasteiger partial charge in [0.25, 0.3) is 11.7 Å². The SMILES string of the molecule is CCCOc1ccc(C2/C(=C(/O)c3c[nH]c4ccccc34)C(=O)C(=O)N2CCN(C)C)cc1. The number of hydrogen-bond acceptors (Lipinski definition) is 5. The number of aromatic amines is 1. The number of ether oxygens (including phenoxy) is 1. The van der Waals surface area contributed by atoms with Crippen LogP contribution in [0.3, 0.4) is 0 Å². The summed E-state index contributed by atoms with van der Waals surface area (Å²) in [5.74, 6) is -0.723. The van der Waals surface area contributed by atoms with Crippen LogP contribution in [-0.4, -0.2) is 65.4 Å². The summed E-state index contributed by atoms with van der Waals surface area (Å²) in [7, 11) is 3.83. The number of H-pyrrole nitrogens is 1. The van der Waals surface area contributed by atoms with Gasteiger partial charge in [-0.2, -0.15) is 0 Å². The van der Waals surface area contributed by atoms with Crippen molar-refractivity contribution >= 4 is 28.4 Å². The molecule has 1 atom stereocenters. The summed E-state index contributed by atoms with van der Waals surface area (Å²) < 4.78 is 5.68. The zero-order valence-electron chi connectivity index (χ0n) is 19.2. The molecule has 1 unspecified atom stereocenters. The van der Waals surface area contributed by atoms with Crippen molar-refractivity contribution in [3.05, 3.63) is 71.4 Å². The van der Waals surface area contributed by atoms with Gasteiger partial charge in [-0.15, -0.1) is 0 Å². The number of likely N-dealkylation sites (N-methyl/N-ethyl adjacent to an activating group) is 1. The summed E-state index contributed by atoms with van der Waals surface area (Å²) in [5, 5.41) is 12.1. The molecule has 33 heavy (non-hydrogen) atoms. The standard InChI is InChI=1S/C26H29N3O4/c1-4-15-33-18-11-9-17(10-12-18)23-22(25(31)26(32)29(23)14-13-28(2)3)24(30)20-16-27-21-8-6-5-7-19(20)21/h5-12,16,23,27,30H,4,13-15H2,1-3H3/b24-22-. The third-order valence-corrected chi connectivity index (χ3v) is 5.84. The molecule has 7 nitrogen and oxygen atoms in total. The third kappa shape index (κ3) is 4.36. The number of amides is 1. The van der Waals surface area contributed by atoms with Gasteiger partial charge >= 0.3 is 0 Å². The molecule has 1 saturated heterocycles. The van der Waals surface area contributed by atoms with Gasteiger partial charge in [0.2, 0.25) is 0 Å². The quantitative estimate of drug-likeness (QED) is 0.310. The summed E-state index contributed by atoms with van der Waals surface area (Å²) in [6.45, 7) is 3.61. The molecular formula is C26H29N3O4. The highest BCUT2D eigenvalue weighted by Gasteiger charge is 2.46. The molecule has 1 aromatic heterocycles. The topological polar surface area (TPSA) is 85.9 Å². The van der Waals surface area contributed by atoms with E-state index in [4.69, 9.17) is 4.74 Å². The molecule has 0 spiro atoms. The first-order valence-corrected chi connectivity index (χ1v) is 11.1. The molecule has 2 aromatic carbocycles. The van der Waals surface area contributed by atoms with Gasteiger partial charge in [0, 0.05) is 35.8 Å². The number of aliphatic hydroxyl groups excluding tert-OH is 1. The molecule has 1 amide bonds. The van der Waals surface area contributed by atoms with Crippen molar-refractivity contribution in [1.29, 1.82) is 0 Å². The maximum atomic E-state index is 13.2. The Morgan fingerprint density at radius 1 is 1.12 bits per heavy atom. The Balaban J connectivity index is 1.81. The van der Waals surface area contributed by atoms with Crippen molar-refractivity contribution < 1.29 is 19.4 Å². The minimum atomic E-state index is -0.682. The molecule has 3 aromatic rings. The fourth-order valence-corrected chi connectivity index (χ4v) is 4.14. The summed E-state index contributed by atoms with van der Waals surface area (Å²) in [4.78, 5) is 32.8. The Hall–Kier alpha value is -3.58. The van der Waals surface area contributed by atoms with Gasteiger partial charge in [0.15, 0.2) is 0 Å². The van der Waals surface area contributed by atoms with Gasteiger partial charge in [-0.1, -0.05) is 37.3 Å². The van der Waals surface area contributed by atoms with Crippen LogP contribution in [-0.2, 0) is 9.59 Å². The smallest absolute Gasteiger partial charge is 0.295 e. The predicted molar refractivity (Wildman–Crippen MR) is 128 cm³/mol. The highest BCUT2D eigenvalue weighted by molar-refractivity contribution is 6.46. The van der Waals surface area contributed by atoms with E-state index in [-0.39, 0.29) is 11.3 Å². The Kier molecular flexibility index (Phi) is 6.51. The van der Waals surface area contributed by atoms with E-state index in [1.54, 1.807) is 11.1 Å². The molecule has 1 aliphatic rings. The summed E-state index contributed by atoms with van der Waals surface area (Å²) >= 11 is 0. The fraction of sp³-hybridized carbons (Fsp3) is 0.308. The zero-order valence-corrected chi connectivity index (χ0v) is 19.2. The Morgan fingerprint density at radius 2 is 1.85 bits per heavy atom. The van der Waals surface area contributed by atoms with E-state index in [9.17, 15) is 14.7 Å². The van der Waals surface area contributed by atoms with E-state index >= 15 is 0 Å². The molecule has 0 aliphatic carbocycles. The van der Waals surface area contributed by atoms with E-state index in [2.05, 4.69) is 4.98 Å². The van der Waals surface area contributed by atoms with Crippen LogP contribution in [0.5, 0.6) is 5.75 Å². The third-order valence-electron chi connectivity index (χ3n) is 5.84. The number of nitrogens with zero attached hydrogens (tertiary/aromatic N) is 2. The number of likely N-dealkylation sites (tertiary alicyclic amines) is 1. The molecule has 2 heterocycles. The molecular weight excluding hydrogens is 418 g/mol. The Bertz CT molecular complexity index is 1190. The zero-order chi connectivity index (χ0) is 23.5. The lowest BCUT2D eigenvalue weighted by Crippen LogP contribution is -2.35. The number of rotatable bonds is 8. The lowest BCUT2D eigenvalue weighted by molar-refractivity contribution is -0.140. The van der Waals surface area contributed by atoms with Crippen LogP contribution in [0.4, 0.5) is 0 Å². The number of carbonyl (C=O) groups is 2. The summed E-state index contributed by atoms with van der Waals surface area (Å²) in [5.41, 5.74) is 2.20. The minimum Gasteiger partial charge on any atom is -0.507 e. The van der Waals surface area contributed by atoms with Crippen molar-refractivity contribution in [2.75, 3.05) is 33.8 Å². The van der Waals surface area contributed by atoms with Gasteiger partial charge in [-0.25, -0.2) is 0 Å². The maximum Gasteiger partial charge on any atom is 0.295 e. The van der Waals surface area contributed by atoms with Crippen molar-refractivity contribution in [1.82, 2.24) is 14.8 Å². The Morgan fingerprint density at radius 3 is 2.55 bits per heavy atom. The van der Waals surface area contributed by atoms with Crippen LogP contribution >= 0.6 is 0 Å². The second-order valence-corrected chi connectivity index (χ2v) is 8.46. The summed E-state index contributed by atoms with van der Waals surface area (Å²) in [6.07, 6.45) is 2.57. The number of ketones is 1. The van der Waals surface area contributed by atoms with E-state index < -0.39 is 17.7 Å². The van der Waals surface area contributed by atoms with Gasteiger partial charge < -0.3 is 24.6 Å². The van der Waals surface area contributed by atoms with Crippen LogP contribution in [0.25, 0.3) is 16.7 Å². The van der Waals surface area contributed by atoms with Crippen LogP contribution < -0.4 is 4.74 Å². The average molecular weight is 448 g/mol. The number of aliphatic hydroxyl groups is 1. The van der Waals surface area contributed by atoms with E-state index in [0.717, 1.165) is 28.6 Å². The minimum absolute atomic E-state index is 0.103. The van der Waals surface area contributed by atoms with Crippen LogP contribution in [0.2, 0.25) is 0 Å². The Labute approximate surface area is 193 Å². The summed E-state index contributed by atoms with van der Waals surface area (Å²) in [6, 6.07) is 14.2. The molecule has 7 heteroatoms. The maximum absolute atomic E-state index is 13.2. The van der Waals surface area contributed by atoms with Crippen molar-refractivity contribution in [3.63, 3.8) is 0 Å². The number of Topliss-reactive ketones (excluding diaryl/α,β-unsaturated/α-hetero) is 1. The highest BCUT2D eigenvalue weighted by Crippen LogP contribution is 2.40. The highest BCUT2D eigenvalue weighted by atomic mass is 16.5. The normalized spacial score (nSPS) is 17.9. The number of aromatic nitrogens is 1. The molecule has 1 fully saturated rings. The van der Waals surface area contributed by atoms with Crippen LogP contribution in [0, 0.1) is 0 Å². The van der Waals surface area contributed by atoms with Crippen molar-refractivity contribution in [3.8, 4) is 5.75 Å². The number of carbonyl (C=O) groups excluding carboxylic acids is 2. The first kappa shape index (κ1) is 22.6. The lowest BCUT2D eigenvalue weighted by atomic mass is 9.95. The van der Waals surface area contributed by atoms with Gasteiger partial charge in [-0.05, 0) is 44.3 Å². The number of benzene rings is 2. The van der Waals surface area contributed by atoms with E-state index in [0.29, 0.717) is 25.3 Å².